The van der Waals surface area contributed by atoms with Crippen LogP contribution in [0.4, 0.5) is 0 Å². The Balaban J connectivity index is 1.65. The van der Waals surface area contributed by atoms with E-state index in [-0.39, 0.29) is 5.92 Å². The van der Waals surface area contributed by atoms with E-state index in [1.807, 2.05) is 30.3 Å². The highest BCUT2D eigenvalue weighted by Gasteiger charge is 2.21. The molecule has 4 nitrogen and oxygen atoms in total. The molecule has 0 amide bonds. The van der Waals surface area contributed by atoms with Crippen LogP contribution in [0.25, 0.3) is 0 Å². The molecule has 0 saturated carbocycles. The van der Waals surface area contributed by atoms with Gasteiger partial charge in [0.25, 0.3) is 0 Å². The van der Waals surface area contributed by atoms with Crippen molar-refractivity contribution in [2.24, 2.45) is 5.92 Å². The summed E-state index contributed by atoms with van der Waals surface area (Å²) in [5, 5.41) is 18.9. The van der Waals surface area contributed by atoms with Crippen LogP contribution in [-0.2, 0) is 11.3 Å². The Morgan fingerprint density at radius 1 is 1.40 bits per heavy atom. The summed E-state index contributed by atoms with van der Waals surface area (Å²) in [6.45, 7) is 3.19. The van der Waals surface area contributed by atoms with Crippen LogP contribution in [0, 0.1) is 17.2 Å². The van der Waals surface area contributed by atoms with Crippen LogP contribution in [0.2, 0.25) is 0 Å². The monoisotopic (exact) mass is 274 g/mol. The highest BCUT2D eigenvalue weighted by atomic mass is 16.5. The maximum atomic E-state index is 9.99. The van der Waals surface area contributed by atoms with E-state index in [2.05, 4.69) is 11.0 Å². The Bertz CT molecular complexity index is 430. The van der Waals surface area contributed by atoms with Gasteiger partial charge >= 0.3 is 0 Å². The number of nitrogens with zero attached hydrogens (tertiary/aromatic N) is 2. The van der Waals surface area contributed by atoms with Crippen molar-refractivity contribution < 1.29 is 9.84 Å². The SMILES string of the molecule is N#CC1CCCN(CC(O)COCc2ccccc2)C1. The van der Waals surface area contributed by atoms with Gasteiger partial charge in [-0.2, -0.15) is 5.26 Å². The summed E-state index contributed by atoms with van der Waals surface area (Å²) in [5.74, 6) is 0.112. The number of piperidine rings is 1. The third-order valence-electron chi connectivity index (χ3n) is 3.58. The topological polar surface area (TPSA) is 56.5 Å². The number of hydrogen-bond donors (Lipinski definition) is 1. The number of aliphatic hydroxyl groups is 1. The minimum Gasteiger partial charge on any atom is -0.389 e. The van der Waals surface area contributed by atoms with Crippen LogP contribution in [0.15, 0.2) is 30.3 Å². The second-order valence-corrected chi connectivity index (χ2v) is 5.38. The third kappa shape index (κ3) is 4.93. The molecule has 0 aromatic heterocycles. The molecule has 1 saturated heterocycles. The van der Waals surface area contributed by atoms with Gasteiger partial charge < -0.3 is 9.84 Å². The first-order valence-corrected chi connectivity index (χ1v) is 7.19. The average molecular weight is 274 g/mol. The van der Waals surface area contributed by atoms with Gasteiger partial charge in [-0.1, -0.05) is 30.3 Å². The van der Waals surface area contributed by atoms with Gasteiger partial charge in [0.2, 0.25) is 0 Å². The van der Waals surface area contributed by atoms with Crippen molar-refractivity contribution in [1.82, 2.24) is 4.90 Å². The van der Waals surface area contributed by atoms with Gasteiger partial charge in [0, 0.05) is 13.1 Å². The Labute approximate surface area is 120 Å². The molecule has 0 radical (unpaired) electrons. The molecule has 0 spiro atoms. The molecule has 1 aliphatic rings. The molecule has 1 heterocycles. The third-order valence-corrected chi connectivity index (χ3v) is 3.58. The minimum absolute atomic E-state index is 0.112. The predicted molar refractivity (Wildman–Crippen MR) is 76.9 cm³/mol. The van der Waals surface area contributed by atoms with Gasteiger partial charge in [-0.3, -0.25) is 4.90 Å². The highest BCUT2D eigenvalue weighted by molar-refractivity contribution is 5.13. The maximum Gasteiger partial charge on any atom is 0.0900 e. The van der Waals surface area contributed by atoms with E-state index in [4.69, 9.17) is 10.00 Å². The van der Waals surface area contributed by atoms with E-state index in [9.17, 15) is 5.11 Å². The van der Waals surface area contributed by atoms with Crippen LogP contribution in [0.3, 0.4) is 0 Å². The predicted octanol–water partition coefficient (Wildman–Crippen LogP) is 1.80. The quantitative estimate of drug-likeness (QED) is 0.859. The van der Waals surface area contributed by atoms with Gasteiger partial charge in [0.15, 0.2) is 0 Å². The first-order chi connectivity index (χ1) is 9.78. The lowest BCUT2D eigenvalue weighted by atomic mass is 9.99. The molecular formula is C16H22N2O2. The molecule has 2 unspecified atom stereocenters. The molecule has 1 aliphatic heterocycles. The number of β-amino-alcohol motifs (C(OH)–C–C–N with tert-alkyl or cyclic N) is 1. The number of nitriles is 1. The lowest BCUT2D eigenvalue weighted by Gasteiger charge is -2.30. The Hall–Kier alpha value is -1.41. The van der Waals surface area contributed by atoms with E-state index in [1.165, 1.54) is 0 Å². The molecule has 0 aliphatic carbocycles. The molecule has 1 N–H and O–H groups in total. The fourth-order valence-corrected chi connectivity index (χ4v) is 2.56. The smallest absolute Gasteiger partial charge is 0.0900 e. The zero-order chi connectivity index (χ0) is 14.2. The van der Waals surface area contributed by atoms with Gasteiger partial charge in [-0.25, -0.2) is 0 Å². The number of ether oxygens (including phenoxy) is 1. The van der Waals surface area contributed by atoms with Crippen molar-refractivity contribution in [1.29, 1.82) is 5.26 Å². The van der Waals surface area contributed by atoms with Crippen molar-refractivity contribution in [3.05, 3.63) is 35.9 Å². The van der Waals surface area contributed by atoms with Crippen molar-refractivity contribution in [3.8, 4) is 6.07 Å². The molecule has 1 aromatic rings. The van der Waals surface area contributed by atoms with Crippen LogP contribution in [0.5, 0.6) is 0 Å². The standard InChI is InChI=1S/C16H22N2O2/c17-9-15-7-4-8-18(10-15)11-16(19)13-20-12-14-5-2-1-3-6-14/h1-3,5-6,15-16,19H,4,7-8,10-13H2. The van der Waals surface area contributed by atoms with Crippen molar-refractivity contribution in [2.45, 2.75) is 25.6 Å². The zero-order valence-electron chi connectivity index (χ0n) is 11.7. The summed E-state index contributed by atoms with van der Waals surface area (Å²) in [5.41, 5.74) is 1.11. The number of hydrogen-bond acceptors (Lipinski definition) is 4. The van der Waals surface area contributed by atoms with Gasteiger partial charge in [0.1, 0.15) is 0 Å². The number of aliphatic hydroxyl groups excluding tert-OH is 1. The maximum absolute atomic E-state index is 9.99. The van der Waals surface area contributed by atoms with Gasteiger partial charge in [0.05, 0.1) is 31.3 Å². The van der Waals surface area contributed by atoms with E-state index in [0.29, 0.717) is 19.8 Å². The molecule has 1 fully saturated rings. The van der Waals surface area contributed by atoms with E-state index in [1.54, 1.807) is 0 Å². The van der Waals surface area contributed by atoms with E-state index >= 15 is 0 Å². The summed E-state index contributed by atoms with van der Waals surface area (Å²) in [7, 11) is 0. The second-order valence-electron chi connectivity index (χ2n) is 5.38. The average Bonchev–Trinajstić information content (AvgIpc) is 2.48. The molecule has 2 atom stereocenters. The molecule has 4 heteroatoms. The largest absolute Gasteiger partial charge is 0.389 e. The minimum atomic E-state index is -0.490. The summed E-state index contributed by atoms with van der Waals surface area (Å²) in [6, 6.07) is 12.3. The fourth-order valence-electron chi connectivity index (χ4n) is 2.56. The zero-order valence-corrected chi connectivity index (χ0v) is 11.7. The molecular weight excluding hydrogens is 252 g/mol. The van der Waals surface area contributed by atoms with Gasteiger partial charge in [-0.05, 0) is 24.9 Å². The van der Waals surface area contributed by atoms with Crippen molar-refractivity contribution >= 4 is 0 Å². The molecule has 0 bridgehead atoms. The van der Waals surface area contributed by atoms with E-state index in [0.717, 1.165) is 31.5 Å². The lowest BCUT2D eigenvalue weighted by Crippen LogP contribution is -2.41. The highest BCUT2D eigenvalue weighted by Crippen LogP contribution is 2.15. The van der Waals surface area contributed by atoms with Crippen molar-refractivity contribution in [3.63, 3.8) is 0 Å². The summed E-state index contributed by atoms with van der Waals surface area (Å²) in [6.07, 6.45) is 1.53. The fraction of sp³-hybridized carbons (Fsp3) is 0.562. The Kier molecular flexibility index (Phi) is 6.00. The summed E-state index contributed by atoms with van der Waals surface area (Å²) < 4.78 is 5.53. The molecule has 1 aromatic carbocycles. The van der Waals surface area contributed by atoms with E-state index < -0.39 is 6.10 Å². The number of benzene rings is 1. The second kappa shape index (κ2) is 8.01. The summed E-state index contributed by atoms with van der Waals surface area (Å²) in [4.78, 5) is 2.16. The Morgan fingerprint density at radius 3 is 2.95 bits per heavy atom. The number of rotatable bonds is 6. The van der Waals surface area contributed by atoms with Crippen molar-refractivity contribution in [2.75, 3.05) is 26.2 Å². The molecule has 20 heavy (non-hydrogen) atoms. The number of likely N-dealkylation sites (tertiary alicyclic amines) is 1. The normalized spacial score (nSPS) is 21.3. The first-order valence-electron chi connectivity index (χ1n) is 7.19. The summed E-state index contributed by atoms with van der Waals surface area (Å²) >= 11 is 0. The Morgan fingerprint density at radius 2 is 2.20 bits per heavy atom. The van der Waals surface area contributed by atoms with Crippen LogP contribution in [-0.4, -0.2) is 42.4 Å². The lowest BCUT2D eigenvalue weighted by molar-refractivity contribution is 0.00498. The van der Waals surface area contributed by atoms with Crippen LogP contribution in [0.1, 0.15) is 18.4 Å². The van der Waals surface area contributed by atoms with Gasteiger partial charge in [-0.15, -0.1) is 0 Å². The van der Waals surface area contributed by atoms with Crippen LogP contribution >= 0.6 is 0 Å². The van der Waals surface area contributed by atoms with Crippen LogP contribution < -0.4 is 0 Å². The molecule has 2 rings (SSSR count). The molecule has 108 valence electrons. The first kappa shape index (κ1) is 15.0.